The van der Waals surface area contributed by atoms with Gasteiger partial charge in [-0.1, -0.05) is 20.8 Å². The summed E-state index contributed by atoms with van der Waals surface area (Å²) in [6.07, 6.45) is 5.73. The molecular formula is C12H20O2Si. The molecule has 0 aromatic carbocycles. The molecule has 0 saturated heterocycles. The summed E-state index contributed by atoms with van der Waals surface area (Å²) >= 11 is 0. The molecule has 0 aromatic rings. The third kappa shape index (κ3) is 3.06. The van der Waals surface area contributed by atoms with Crippen LogP contribution in [-0.2, 0) is 9.22 Å². The minimum absolute atomic E-state index is 0.151. The first kappa shape index (κ1) is 12.2. The molecule has 0 amide bonds. The number of carbonyl (C=O) groups is 1. The fraction of sp³-hybridized carbons (Fsp3) is 0.583. The van der Waals surface area contributed by atoms with Crippen LogP contribution >= 0.6 is 0 Å². The van der Waals surface area contributed by atoms with Crippen molar-refractivity contribution >= 4 is 14.1 Å². The number of rotatable bonds is 2. The Balaban J connectivity index is 2.71. The Morgan fingerprint density at radius 2 is 1.87 bits per heavy atom. The van der Waals surface area contributed by atoms with Gasteiger partial charge in [-0.25, -0.2) is 0 Å². The minimum Gasteiger partial charge on any atom is -0.544 e. The van der Waals surface area contributed by atoms with Crippen LogP contribution in [0.4, 0.5) is 0 Å². The SMILES string of the molecule is CC(C)(C)[Si](C)(C)OC1=CCC(=O)C=C1. The van der Waals surface area contributed by atoms with Gasteiger partial charge in [0.05, 0.1) is 5.76 Å². The Morgan fingerprint density at radius 1 is 1.27 bits per heavy atom. The highest BCUT2D eigenvalue weighted by atomic mass is 28.4. The molecule has 0 spiro atoms. The van der Waals surface area contributed by atoms with E-state index < -0.39 is 8.32 Å². The smallest absolute Gasteiger partial charge is 0.250 e. The van der Waals surface area contributed by atoms with E-state index in [0.717, 1.165) is 5.76 Å². The van der Waals surface area contributed by atoms with Crippen LogP contribution in [0, 0.1) is 0 Å². The Labute approximate surface area is 93.1 Å². The van der Waals surface area contributed by atoms with Crippen LogP contribution in [0.25, 0.3) is 0 Å². The van der Waals surface area contributed by atoms with Crippen LogP contribution in [0.3, 0.4) is 0 Å². The highest BCUT2D eigenvalue weighted by Crippen LogP contribution is 2.38. The first-order valence-corrected chi connectivity index (χ1v) is 8.23. The summed E-state index contributed by atoms with van der Waals surface area (Å²) in [4.78, 5) is 11.0. The highest BCUT2D eigenvalue weighted by molar-refractivity contribution is 6.74. The lowest BCUT2D eigenvalue weighted by molar-refractivity contribution is -0.114. The van der Waals surface area contributed by atoms with Crippen LogP contribution in [0.5, 0.6) is 0 Å². The molecule has 0 fully saturated rings. The summed E-state index contributed by atoms with van der Waals surface area (Å²) in [5.74, 6) is 1.01. The molecule has 2 nitrogen and oxygen atoms in total. The summed E-state index contributed by atoms with van der Waals surface area (Å²) in [6, 6.07) is 0. The van der Waals surface area contributed by atoms with Gasteiger partial charge in [0.1, 0.15) is 0 Å². The summed E-state index contributed by atoms with van der Waals surface area (Å²) in [5.41, 5.74) is 0. The molecule has 3 heteroatoms. The van der Waals surface area contributed by atoms with E-state index in [9.17, 15) is 4.79 Å². The van der Waals surface area contributed by atoms with E-state index in [1.165, 1.54) is 0 Å². The van der Waals surface area contributed by atoms with Crippen LogP contribution in [0.1, 0.15) is 27.2 Å². The molecule has 1 aliphatic rings. The second kappa shape index (κ2) is 3.97. The number of allylic oxidation sites excluding steroid dienone is 3. The van der Waals surface area contributed by atoms with E-state index in [-0.39, 0.29) is 10.8 Å². The number of ketones is 1. The van der Waals surface area contributed by atoms with Crippen molar-refractivity contribution in [1.29, 1.82) is 0 Å². The van der Waals surface area contributed by atoms with Crippen LogP contribution < -0.4 is 0 Å². The molecule has 0 heterocycles. The topological polar surface area (TPSA) is 26.3 Å². The van der Waals surface area contributed by atoms with Crippen molar-refractivity contribution in [2.45, 2.75) is 45.3 Å². The fourth-order valence-electron chi connectivity index (χ4n) is 1.04. The molecule has 0 radical (unpaired) electrons. The van der Waals surface area contributed by atoms with Gasteiger partial charge in [0, 0.05) is 6.42 Å². The van der Waals surface area contributed by atoms with Crippen molar-refractivity contribution in [3.8, 4) is 0 Å². The lowest BCUT2D eigenvalue weighted by Crippen LogP contribution is -2.40. The summed E-state index contributed by atoms with van der Waals surface area (Å²) in [7, 11) is -1.75. The number of hydrogen-bond donors (Lipinski definition) is 0. The maximum atomic E-state index is 11.0. The summed E-state index contributed by atoms with van der Waals surface area (Å²) in [5, 5.41) is 0.198. The van der Waals surface area contributed by atoms with Crippen LogP contribution in [-0.4, -0.2) is 14.1 Å². The number of carbonyl (C=O) groups excluding carboxylic acids is 1. The summed E-state index contributed by atoms with van der Waals surface area (Å²) in [6.45, 7) is 11.0. The van der Waals surface area contributed by atoms with Crippen molar-refractivity contribution in [2.24, 2.45) is 0 Å². The van der Waals surface area contributed by atoms with Crippen LogP contribution in [0.2, 0.25) is 18.1 Å². The maximum Gasteiger partial charge on any atom is 0.250 e. The molecule has 0 aromatic heterocycles. The molecule has 0 atom stereocenters. The van der Waals surface area contributed by atoms with E-state index in [0.29, 0.717) is 6.42 Å². The van der Waals surface area contributed by atoms with Gasteiger partial charge in [0.25, 0.3) is 0 Å². The molecule has 15 heavy (non-hydrogen) atoms. The summed E-state index contributed by atoms with van der Waals surface area (Å²) < 4.78 is 6.05. The average molecular weight is 224 g/mol. The lowest BCUT2D eigenvalue weighted by atomic mass is 10.1. The first-order chi connectivity index (χ1) is 6.72. The van der Waals surface area contributed by atoms with Gasteiger partial charge in [0.2, 0.25) is 8.32 Å². The zero-order chi connectivity index (χ0) is 11.7. The molecular weight excluding hydrogens is 204 g/mol. The standard InChI is InChI=1S/C12H20O2Si/c1-12(2,3)15(4,5)14-11-8-6-10(13)7-9-11/h6,8-9H,7H2,1-5H3. The lowest BCUT2D eigenvalue weighted by Gasteiger charge is -2.37. The average Bonchev–Trinajstić information content (AvgIpc) is 2.06. The molecule has 1 aliphatic carbocycles. The minimum atomic E-state index is -1.75. The zero-order valence-corrected chi connectivity index (χ0v) is 11.3. The van der Waals surface area contributed by atoms with Gasteiger partial charge < -0.3 is 4.43 Å². The third-order valence-electron chi connectivity index (χ3n) is 3.12. The Morgan fingerprint density at radius 3 is 2.27 bits per heavy atom. The van der Waals surface area contributed by atoms with E-state index in [2.05, 4.69) is 33.9 Å². The van der Waals surface area contributed by atoms with E-state index >= 15 is 0 Å². The molecule has 0 aliphatic heterocycles. The largest absolute Gasteiger partial charge is 0.544 e. The predicted molar refractivity (Wildman–Crippen MR) is 65.1 cm³/mol. The molecule has 84 valence electrons. The van der Waals surface area contributed by atoms with Crippen molar-refractivity contribution in [2.75, 3.05) is 0 Å². The van der Waals surface area contributed by atoms with E-state index in [4.69, 9.17) is 4.43 Å². The van der Waals surface area contributed by atoms with Gasteiger partial charge in [-0.3, -0.25) is 4.79 Å². The highest BCUT2D eigenvalue weighted by Gasteiger charge is 2.39. The third-order valence-corrected chi connectivity index (χ3v) is 7.48. The predicted octanol–water partition coefficient (Wildman–Crippen LogP) is 3.42. The second-order valence-electron chi connectivity index (χ2n) is 5.47. The normalized spacial score (nSPS) is 17.7. The van der Waals surface area contributed by atoms with Crippen molar-refractivity contribution in [3.05, 3.63) is 24.0 Å². The molecule has 0 unspecified atom stereocenters. The second-order valence-corrected chi connectivity index (χ2v) is 10.2. The quantitative estimate of drug-likeness (QED) is 0.672. The Bertz CT molecular complexity index is 319. The molecule has 1 rings (SSSR count). The van der Waals surface area contributed by atoms with Crippen molar-refractivity contribution in [1.82, 2.24) is 0 Å². The monoisotopic (exact) mass is 224 g/mol. The van der Waals surface area contributed by atoms with E-state index in [1.807, 2.05) is 6.08 Å². The van der Waals surface area contributed by atoms with E-state index in [1.54, 1.807) is 12.2 Å². The van der Waals surface area contributed by atoms with Gasteiger partial charge in [-0.2, -0.15) is 0 Å². The molecule has 0 bridgehead atoms. The van der Waals surface area contributed by atoms with Crippen molar-refractivity contribution in [3.63, 3.8) is 0 Å². The molecule has 0 saturated carbocycles. The maximum absolute atomic E-state index is 11.0. The van der Waals surface area contributed by atoms with Gasteiger partial charge in [0.15, 0.2) is 5.78 Å². The Hall–Kier alpha value is -0.833. The van der Waals surface area contributed by atoms with Crippen molar-refractivity contribution < 1.29 is 9.22 Å². The number of hydrogen-bond acceptors (Lipinski definition) is 2. The van der Waals surface area contributed by atoms with Gasteiger partial charge in [-0.05, 0) is 36.4 Å². The first-order valence-electron chi connectivity index (χ1n) is 5.32. The fourth-order valence-corrected chi connectivity index (χ4v) is 2.08. The van der Waals surface area contributed by atoms with Gasteiger partial charge in [-0.15, -0.1) is 0 Å². The zero-order valence-electron chi connectivity index (χ0n) is 10.3. The Kier molecular flexibility index (Phi) is 3.24. The molecule has 0 N–H and O–H groups in total. The van der Waals surface area contributed by atoms with Crippen LogP contribution in [0.15, 0.2) is 24.0 Å². The van der Waals surface area contributed by atoms with Gasteiger partial charge >= 0.3 is 0 Å².